The average Bonchev–Trinajstić information content (AvgIpc) is 2.35. The first-order chi connectivity index (χ1) is 8.66. The first-order valence-corrected chi connectivity index (χ1v) is 8.16. The van der Waals surface area contributed by atoms with Gasteiger partial charge in [-0.1, -0.05) is 30.3 Å². The van der Waals surface area contributed by atoms with Crippen LogP contribution in [0.2, 0.25) is 0 Å². The molecular formula is C13H18ClNO3S. The van der Waals surface area contributed by atoms with Gasteiger partial charge in [0.05, 0.1) is 5.38 Å². The molecule has 0 aliphatic heterocycles. The molecule has 0 saturated carbocycles. The third-order valence-electron chi connectivity index (χ3n) is 3.08. The molecular weight excluding hydrogens is 286 g/mol. The Hall–Kier alpha value is -1.07. The molecule has 1 rings (SSSR count). The van der Waals surface area contributed by atoms with Crippen molar-refractivity contribution in [2.45, 2.75) is 24.0 Å². The SMILES string of the molecule is CC(C)(C(=O)NCC(Cl)c1ccccc1)S(C)(=O)=O. The van der Waals surface area contributed by atoms with Gasteiger partial charge >= 0.3 is 0 Å². The minimum Gasteiger partial charge on any atom is -0.353 e. The second-order valence-corrected chi connectivity index (χ2v) is 7.96. The zero-order chi connectivity index (χ0) is 14.7. The predicted octanol–water partition coefficient (Wildman–Crippen LogP) is 1.91. The van der Waals surface area contributed by atoms with E-state index in [4.69, 9.17) is 11.6 Å². The van der Waals surface area contributed by atoms with Gasteiger partial charge in [-0.05, 0) is 19.4 Å². The molecule has 1 amide bonds. The lowest BCUT2D eigenvalue weighted by Gasteiger charge is -2.22. The highest BCUT2D eigenvalue weighted by Gasteiger charge is 2.38. The highest BCUT2D eigenvalue weighted by molar-refractivity contribution is 7.92. The van der Waals surface area contributed by atoms with Crippen molar-refractivity contribution in [3.05, 3.63) is 35.9 Å². The van der Waals surface area contributed by atoms with E-state index in [2.05, 4.69) is 5.32 Å². The highest BCUT2D eigenvalue weighted by atomic mass is 35.5. The Bertz CT molecular complexity index is 540. The number of rotatable bonds is 5. The lowest BCUT2D eigenvalue weighted by atomic mass is 10.1. The Morgan fingerprint density at radius 3 is 2.32 bits per heavy atom. The van der Waals surface area contributed by atoms with Crippen LogP contribution in [0.25, 0.3) is 0 Å². The van der Waals surface area contributed by atoms with Crippen LogP contribution in [0.5, 0.6) is 0 Å². The smallest absolute Gasteiger partial charge is 0.240 e. The number of amides is 1. The Labute approximate surface area is 119 Å². The van der Waals surface area contributed by atoms with Crippen LogP contribution in [0.3, 0.4) is 0 Å². The van der Waals surface area contributed by atoms with Crippen molar-refractivity contribution in [3.8, 4) is 0 Å². The van der Waals surface area contributed by atoms with Crippen molar-refractivity contribution in [2.24, 2.45) is 0 Å². The summed E-state index contributed by atoms with van der Waals surface area (Å²) in [4.78, 5) is 11.9. The van der Waals surface area contributed by atoms with Crippen LogP contribution >= 0.6 is 11.6 Å². The van der Waals surface area contributed by atoms with Crippen LogP contribution in [-0.4, -0.2) is 31.9 Å². The first kappa shape index (κ1) is 16.0. The summed E-state index contributed by atoms with van der Waals surface area (Å²) in [7, 11) is -3.47. The summed E-state index contributed by atoms with van der Waals surface area (Å²) >= 11 is 6.15. The van der Waals surface area contributed by atoms with Crippen LogP contribution in [0, 0.1) is 0 Å². The van der Waals surface area contributed by atoms with Crippen LogP contribution < -0.4 is 5.32 Å². The highest BCUT2D eigenvalue weighted by Crippen LogP contribution is 2.20. The van der Waals surface area contributed by atoms with Crippen LogP contribution in [0.4, 0.5) is 0 Å². The fraction of sp³-hybridized carbons (Fsp3) is 0.462. The van der Waals surface area contributed by atoms with Gasteiger partial charge in [-0.3, -0.25) is 4.79 Å². The maximum Gasteiger partial charge on any atom is 0.240 e. The van der Waals surface area contributed by atoms with Gasteiger partial charge in [0.15, 0.2) is 9.84 Å². The number of halogens is 1. The summed E-state index contributed by atoms with van der Waals surface area (Å²) in [6.45, 7) is 2.94. The van der Waals surface area contributed by atoms with Gasteiger partial charge in [-0.2, -0.15) is 0 Å². The fourth-order valence-corrected chi connectivity index (χ4v) is 1.97. The molecule has 1 unspecified atom stereocenters. The lowest BCUT2D eigenvalue weighted by molar-refractivity contribution is -0.122. The van der Waals surface area contributed by atoms with Crippen molar-refractivity contribution in [1.82, 2.24) is 5.32 Å². The molecule has 1 atom stereocenters. The molecule has 1 N–H and O–H groups in total. The van der Waals surface area contributed by atoms with Gasteiger partial charge in [0.2, 0.25) is 5.91 Å². The van der Waals surface area contributed by atoms with Crippen molar-refractivity contribution in [2.75, 3.05) is 12.8 Å². The number of sulfone groups is 1. The van der Waals surface area contributed by atoms with E-state index < -0.39 is 20.5 Å². The third kappa shape index (κ3) is 3.94. The van der Waals surface area contributed by atoms with E-state index in [1.807, 2.05) is 30.3 Å². The van der Waals surface area contributed by atoms with E-state index in [0.29, 0.717) is 0 Å². The molecule has 19 heavy (non-hydrogen) atoms. The molecule has 0 aliphatic rings. The molecule has 1 aromatic rings. The van der Waals surface area contributed by atoms with Gasteiger partial charge in [0, 0.05) is 12.8 Å². The largest absolute Gasteiger partial charge is 0.353 e. The molecule has 0 saturated heterocycles. The number of hydrogen-bond donors (Lipinski definition) is 1. The fourth-order valence-electron chi connectivity index (χ4n) is 1.34. The molecule has 0 bridgehead atoms. The third-order valence-corrected chi connectivity index (χ3v) is 5.52. The zero-order valence-corrected chi connectivity index (χ0v) is 12.8. The second kappa shape index (κ2) is 5.92. The molecule has 0 spiro atoms. The van der Waals surface area contributed by atoms with E-state index in [0.717, 1.165) is 11.8 Å². The Morgan fingerprint density at radius 2 is 1.84 bits per heavy atom. The summed E-state index contributed by atoms with van der Waals surface area (Å²) in [6.07, 6.45) is 1.04. The van der Waals surface area contributed by atoms with Crippen molar-refractivity contribution in [1.29, 1.82) is 0 Å². The summed E-state index contributed by atoms with van der Waals surface area (Å²) in [5.74, 6) is -0.545. The number of carbonyl (C=O) groups excluding carboxylic acids is 1. The summed E-state index contributed by atoms with van der Waals surface area (Å²) in [6, 6.07) is 9.29. The van der Waals surface area contributed by atoms with E-state index in [9.17, 15) is 13.2 Å². The molecule has 0 aliphatic carbocycles. The minimum absolute atomic E-state index is 0.184. The lowest BCUT2D eigenvalue weighted by Crippen LogP contribution is -2.48. The van der Waals surface area contributed by atoms with E-state index in [1.54, 1.807) is 0 Å². The molecule has 106 valence electrons. The maximum atomic E-state index is 11.9. The Kier molecular flexibility index (Phi) is 4.98. The Morgan fingerprint density at radius 1 is 1.32 bits per heavy atom. The average molecular weight is 304 g/mol. The number of hydrogen-bond acceptors (Lipinski definition) is 3. The van der Waals surface area contributed by atoms with E-state index in [1.165, 1.54) is 13.8 Å². The van der Waals surface area contributed by atoms with Gasteiger partial charge in [0.25, 0.3) is 0 Å². The molecule has 0 heterocycles. The first-order valence-electron chi connectivity index (χ1n) is 5.83. The van der Waals surface area contributed by atoms with Crippen molar-refractivity contribution in [3.63, 3.8) is 0 Å². The Balaban J connectivity index is 2.66. The molecule has 4 nitrogen and oxygen atoms in total. The zero-order valence-electron chi connectivity index (χ0n) is 11.2. The minimum atomic E-state index is -3.47. The molecule has 0 fully saturated rings. The van der Waals surface area contributed by atoms with Crippen molar-refractivity contribution >= 4 is 27.3 Å². The summed E-state index contributed by atoms with van der Waals surface area (Å²) < 4.78 is 21.6. The maximum absolute atomic E-state index is 11.9. The molecule has 0 aromatic heterocycles. The number of alkyl halides is 1. The predicted molar refractivity (Wildman–Crippen MR) is 77.0 cm³/mol. The van der Waals surface area contributed by atoms with Gasteiger partial charge in [-0.15, -0.1) is 11.6 Å². The second-order valence-electron chi connectivity index (χ2n) is 4.87. The summed E-state index contributed by atoms with van der Waals surface area (Å²) in [5, 5.41) is 2.19. The summed E-state index contributed by atoms with van der Waals surface area (Å²) in [5.41, 5.74) is 0.877. The number of carbonyl (C=O) groups is 1. The quantitative estimate of drug-likeness (QED) is 0.845. The van der Waals surface area contributed by atoms with Crippen molar-refractivity contribution < 1.29 is 13.2 Å². The van der Waals surface area contributed by atoms with E-state index >= 15 is 0 Å². The number of nitrogens with one attached hydrogen (secondary N) is 1. The van der Waals surface area contributed by atoms with Gasteiger partial charge in [-0.25, -0.2) is 8.42 Å². The monoisotopic (exact) mass is 303 g/mol. The number of benzene rings is 1. The van der Waals surface area contributed by atoms with Crippen LogP contribution in [0.1, 0.15) is 24.8 Å². The molecule has 0 radical (unpaired) electrons. The van der Waals surface area contributed by atoms with Gasteiger partial charge in [0.1, 0.15) is 4.75 Å². The molecule has 6 heteroatoms. The standard InChI is InChI=1S/C13H18ClNO3S/c1-13(2,19(3,17)18)12(16)15-9-11(14)10-7-5-4-6-8-10/h4-8,11H,9H2,1-3H3,(H,15,16). The van der Waals surface area contributed by atoms with Crippen LogP contribution in [0.15, 0.2) is 30.3 Å². The molecule has 1 aromatic carbocycles. The van der Waals surface area contributed by atoms with E-state index in [-0.39, 0.29) is 11.9 Å². The normalized spacial score (nSPS) is 13.9. The van der Waals surface area contributed by atoms with Gasteiger partial charge < -0.3 is 5.32 Å². The topological polar surface area (TPSA) is 63.2 Å². The van der Waals surface area contributed by atoms with Crippen LogP contribution in [-0.2, 0) is 14.6 Å².